The van der Waals surface area contributed by atoms with Gasteiger partial charge in [-0.1, -0.05) is 13.3 Å². The molecule has 2 aliphatic carbocycles. The van der Waals surface area contributed by atoms with Crippen molar-refractivity contribution in [1.29, 1.82) is 0 Å². The van der Waals surface area contributed by atoms with Crippen molar-refractivity contribution in [1.82, 2.24) is 5.32 Å². The zero-order valence-electron chi connectivity index (χ0n) is 13.0. The van der Waals surface area contributed by atoms with Gasteiger partial charge >= 0.3 is 0 Å². The Balaban J connectivity index is 1.51. The Morgan fingerprint density at radius 1 is 1.10 bits per heavy atom. The van der Waals surface area contributed by atoms with E-state index < -0.39 is 0 Å². The molecule has 0 amide bonds. The van der Waals surface area contributed by atoms with E-state index in [0.29, 0.717) is 5.92 Å². The van der Waals surface area contributed by atoms with Gasteiger partial charge in [-0.3, -0.25) is 0 Å². The summed E-state index contributed by atoms with van der Waals surface area (Å²) < 4.78 is 12.0. The third-order valence-corrected chi connectivity index (χ3v) is 5.53. The summed E-state index contributed by atoms with van der Waals surface area (Å²) in [6, 6.07) is 0.786. The van der Waals surface area contributed by atoms with Crippen molar-refractivity contribution in [2.75, 3.05) is 26.4 Å². The van der Waals surface area contributed by atoms with Crippen molar-refractivity contribution in [3.63, 3.8) is 0 Å². The van der Waals surface area contributed by atoms with E-state index in [1.165, 1.54) is 51.4 Å². The summed E-state index contributed by atoms with van der Waals surface area (Å²) in [5.41, 5.74) is 0.122. The second kappa shape index (κ2) is 6.76. The summed E-state index contributed by atoms with van der Waals surface area (Å²) >= 11 is 0. The summed E-state index contributed by atoms with van der Waals surface area (Å²) in [7, 11) is 0. The van der Waals surface area contributed by atoms with Crippen LogP contribution in [-0.4, -0.2) is 38.0 Å². The van der Waals surface area contributed by atoms with Gasteiger partial charge in [0.1, 0.15) is 0 Å². The van der Waals surface area contributed by atoms with Gasteiger partial charge in [0.25, 0.3) is 0 Å². The third kappa shape index (κ3) is 3.96. The van der Waals surface area contributed by atoms with Gasteiger partial charge in [0, 0.05) is 25.1 Å². The quantitative estimate of drug-likeness (QED) is 0.777. The molecule has 1 heterocycles. The van der Waals surface area contributed by atoms with Crippen molar-refractivity contribution >= 4 is 0 Å². The van der Waals surface area contributed by atoms with Gasteiger partial charge < -0.3 is 14.8 Å². The first-order chi connectivity index (χ1) is 9.80. The molecule has 0 aromatic heterocycles. The number of ether oxygens (including phenoxy) is 2. The molecule has 1 atom stereocenters. The number of hydrogen-bond acceptors (Lipinski definition) is 3. The molecule has 3 rings (SSSR count). The van der Waals surface area contributed by atoms with Crippen molar-refractivity contribution in [3.8, 4) is 0 Å². The van der Waals surface area contributed by atoms with Crippen LogP contribution in [0.1, 0.15) is 58.3 Å². The largest absolute Gasteiger partial charge is 0.381 e. The Morgan fingerprint density at radius 2 is 1.90 bits per heavy atom. The molecule has 3 heteroatoms. The van der Waals surface area contributed by atoms with E-state index in [0.717, 1.165) is 38.3 Å². The molecule has 1 saturated heterocycles. The maximum atomic E-state index is 6.48. The molecule has 0 radical (unpaired) electrons. The first-order valence-corrected chi connectivity index (χ1v) is 8.75. The van der Waals surface area contributed by atoms with E-state index in [2.05, 4.69) is 12.2 Å². The highest BCUT2D eigenvalue weighted by atomic mass is 16.5. The molecule has 2 saturated carbocycles. The molecular weight excluding hydrogens is 250 g/mol. The van der Waals surface area contributed by atoms with E-state index in [-0.39, 0.29) is 5.60 Å². The summed E-state index contributed by atoms with van der Waals surface area (Å²) in [5, 5.41) is 3.72. The SMILES string of the molecule is CCC1CCC(CNC2CC2)(OCC2CCOC2)CC1. The molecule has 1 unspecified atom stereocenters. The van der Waals surface area contributed by atoms with Crippen LogP contribution >= 0.6 is 0 Å². The molecule has 20 heavy (non-hydrogen) atoms. The minimum atomic E-state index is 0.122. The van der Waals surface area contributed by atoms with Crippen LogP contribution in [0.15, 0.2) is 0 Å². The highest BCUT2D eigenvalue weighted by Gasteiger charge is 2.38. The van der Waals surface area contributed by atoms with E-state index in [1.54, 1.807) is 0 Å². The standard InChI is InChI=1S/C17H31NO2/c1-2-14-5-8-17(9-6-14,13-18-16-3-4-16)20-12-15-7-10-19-11-15/h14-16,18H,2-13H2,1H3. The molecule has 0 spiro atoms. The van der Waals surface area contributed by atoms with Crippen molar-refractivity contribution < 1.29 is 9.47 Å². The monoisotopic (exact) mass is 281 g/mol. The minimum absolute atomic E-state index is 0.122. The fourth-order valence-corrected chi connectivity index (χ4v) is 3.61. The van der Waals surface area contributed by atoms with Crippen LogP contribution in [0.25, 0.3) is 0 Å². The predicted molar refractivity (Wildman–Crippen MR) is 80.9 cm³/mol. The molecule has 0 aromatic rings. The Kier molecular flexibility index (Phi) is 5.00. The maximum absolute atomic E-state index is 6.48. The lowest BCUT2D eigenvalue weighted by molar-refractivity contribution is -0.0892. The normalized spacial score (nSPS) is 38.2. The molecule has 1 N–H and O–H groups in total. The van der Waals surface area contributed by atoms with Crippen molar-refractivity contribution in [2.45, 2.75) is 69.9 Å². The lowest BCUT2D eigenvalue weighted by Crippen LogP contribution is -2.47. The van der Waals surface area contributed by atoms with Gasteiger partial charge in [0.15, 0.2) is 0 Å². The molecular formula is C17H31NO2. The minimum Gasteiger partial charge on any atom is -0.381 e. The molecule has 3 fully saturated rings. The van der Waals surface area contributed by atoms with E-state index in [1.807, 2.05) is 0 Å². The van der Waals surface area contributed by atoms with Crippen LogP contribution in [0, 0.1) is 11.8 Å². The fraction of sp³-hybridized carbons (Fsp3) is 1.00. The van der Waals surface area contributed by atoms with Gasteiger partial charge in [0.05, 0.1) is 18.8 Å². The van der Waals surface area contributed by atoms with Crippen LogP contribution in [-0.2, 0) is 9.47 Å². The second-order valence-corrected chi connectivity index (χ2v) is 7.23. The van der Waals surface area contributed by atoms with Gasteiger partial charge in [-0.25, -0.2) is 0 Å². The van der Waals surface area contributed by atoms with E-state index in [4.69, 9.17) is 9.47 Å². The summed E-state index contributed by atoms with van der Waals surface area (Å²) in [6.45, 7) is 6.14. The van der Waals surface area contributed by atoms with Gasteiger partial charge in [-0.05, 0) is 50.9 Å². The highest BCUT2D eigenvalue weighted by Crippen LogP contribution is 2.37. The Hall–Kier alpha value is -0.120. The van der Waals surface area contributed by atoms with Gasteiger partial charge in [-0.15, -0.1) is 0 Å². The molecule has 3 aliphatic rings. The topological polar surface area (TPSA) is 30.5 Å². The fourth-order valence-electron chi connectivity index (χ4n) is 3.61. The first-order valence-electron chi connectivity index (χ1n) is 8.75. The predicted octanol–water partition coefficient (Wildman–Crippen LogP) is 3.13. The highest BCUT2D eigenvalue weighted by molar-refractivity contribution is 4.92. The van der Waals surface area contributed by atoms with E-state index in [9.17, 15) is 0 Å². The van der Waals surface area contributed by atoms with E-state index >= 15 is 0 Å². The maximum Gasteiger partial charge on any atom is 0.0806 e. The second-order valence-electron chi connectivity index (χ2n) is 7.23. The van der Waals surface area contributed by atoms with Crippen LogP contribution < -0.4 is 5.32 Å². The Bertz CT molecular complexity index is 289. The lowest BCUT2D eigenvalue weighted by atomic mass is 9.77. The smallest absolute Gasteiger partial charge is 0.0806 e. The summed E-state index contributed by atoms with van der Waals surface area (Å²) in [5.74, 6) is 1.57. The number of rotatable bonds is 7. The van der Waals surface area contributed by atoms with Crippen LogP contribution in [0.4, 0.5) is 0 Å². The average molecular weight is 281 g/mol. The van der Waals surface area contributed by atoms with Crippen LogP contribution in [0.2, 0.25) is 0 Å². The molecule has 0 bridgehead atoms. The van der Waals surface area contributed by atoms with Crippen molar-refractivity contribution in [2.24, 2.45) is 11.8 Å². The van der Waals surface area contributed by atoms with Gasteiger partial charge in [-0.2, -0.15) is 0 Å². The lowest BCUT2D eigenvalue weighted by Gasteiger charge is -2.41. The first kappa shape index (κ1) is 14.8. The summed E-state index contributed by atoms with van der Waals surface area (Å²) in [6.07, 6.45) is 10.5. The van der Waals surface area contributed by atoms with Crippen LogP contribution in [0.3, 0.4) is 0 Å². The number of hydrogen-bond donors (Lipinski definition) is 1. The van der Waals surface area contributed by atoms with Crippen molar-refractivity contribution in [3.05, 3.63) is 0 Å². The molecule has 1 aliphatic heterocycles. The summed E-state index contributed by atoms with van der Waals surface area (Å²) in [4.78, 5) is 0. The molecule has 3 nitrogen and oxygen atoms in total. The number of nitrogens with one attached hydrogen (secondary N) is 1. The zero-order chi connectivity index (χ0) is 13.8. The third-order valence-electron chi connectivity index (χ3n) is 5.53. The van der Waals surface area contributed by atoms with Gasteiger partial charge in [0.2, 0.25) is 0 Å². The molecule has 116 valence electrons. The zero-order valence-corrected chi connectivity index (χ0v) is 13.0. The molecule has 0 aromatic carbocycles. The van der Waals surface area contributed by atoms with Crippen LogP contribution in [0.5, 0.6) is 0 Å². The average Bonchev–Trinajstić information content (AvgIpc) is 3.18. The Labute approximate surface area is 123 Å². The Morgan fingerprint density at radius 3 is 2.50 bits per heavy atom.